The monoisotopic (exact) mass is 293 g/mol. The van der Waals surface area contributed by atoms with Crippen LogP contribution in [0.2, 0.25) is 0 Å². The van der Waals surface area contributed by atoms with Gasteiger partial charge in [-0.1, -0.05) is 42.5 Å². The summed E-state index contributed by atoms with van der Waals surface area (Å²) in [6, 6.07) is 15.0. The van der Waals surface area contributed by atoms with Gasteiger partial charge in [0.2, 0.25) is 0 Å². The first-order valence-electron chi connectivity index (χ1n) is 6.53. The van der Waals surface area contributed by atoms with Crippen LogP contribution in [0.5, 0.6) is 0 Å². The molecule has 5 nitrogen and oxygen atoms in total. The molecule has 3 rings (SSSR count). The van der Waals surface area contributed by atoms with Crippen molar-refractivity contribution < 1.29 is 19.8 Å². The van der Waals surface area contributed by atoms with Crippen molar-refractivity contribution in [2.75, 3.05) is 0 Å². The van der Waals surface area contributed by atoms with E-state index in [1.807, 2.05) is 18.2 Å². The Labute approximate surface area is 125 Å². The van der Waals surface area contributed by atoms with Gasteiger partial charge in [-0.05, 0) is 12.1 Å². The van der Waals surface area contributed by atoms with Gasteiger partial charge in [0.05, 0.1) is 22.3 Å². The van der Waals surface area contributed by atoms with Crippen LogP contribution in [-0.2, 0) is 0 Å². The maximum atomic E-state index is 11.5. The number of carbonyl (C=O) groups is 2. The van der Waals surface area contributed by atoms with Crippen molar-refractivity contribution in [1.29, 1.82) is 0 Å². The summed E-state index contributed by atoms with van der Waals surface area (Å²) < 4.78 is 0. The van der Waals surface area contributed by atoms with E-state index in [1.54, 1.807) is 18.2 Å². The molecule has 0 atom stereocenters. The Morgan fingerprint density at radius 2 is 1.50 bits per heavy atom. The highest BCUT2D eigenvalue weighted by Gasteiger charge is 2.17. The fourth-order valence-electron chi connectivity index (χ4n) is 2.35. The molecule has 22 heavy (non-hydrogen) atoms. The smallest absolute Gasteiger partial charge is 0.337 e. The molecule has 0 radical (unpaired) electrons. The lowest BCUT2D eigenvalue weighted by atomic mass is 10.0. The second kappa shape index (κ2) is 5.29. The maximum absolute atomic E-state index is 11.5. The number of fused-ring (bicyclic) bond motifs is 1. The van der Waals surface area contributed by atoms with Crippen LogP contribution in [0.1, 0.15) is 20.7 Å². The molecule has 0 aliphatic carbocycles. The molecule has 2 N–H and O–H groups in total. The third-order valence-electron chi connectivity index (χ3n) is 3.37. The highest BCUT2D eigenvalue weighted by molar-refractivity contribution is 6.09. The third-order valence-corrected chi connectivity index (χ3v) is 3.37. The Bertz CT molecular complexity index is 888. The van der Waals surface area contributed by atoms with Crippen LogP contribution in [0.15, 0.2) is 54.6 Å². The predicted molar refractivity (Wildman–Crippen MR) is 81.1 cm³/mol. The number of nitrogens with zero attached hydrogens (tertiary/aromatic N) is 1. The summed E-state index contributed by atoms with van der Waals surface area (Å²) in [7, 11) is 0. The number of carboxylic acid groups (broad SMARTS) is 2. The van der Waals surface area contributed by atoms with Crippen molar-refractivity contribution in [3.8, 4) is 11.3 Å². The minimum atomic E-state index is -1.14. The zero-order valence-corrected chi connectivity index (χ0v) is 11.4. The highest BCUT2D eigenvalue weighted by Crippen LogP contribution is 2.27. The standard InChI is InChI=1S/C17H11NO4/c19-16(20)12-8-4-7-11-13(17(21)22)9-14(18-15(11)12)10-5-2-1-3-6-10/h1-9H,(H,19,20)(H,21,22). The molecule has 1 aromatic heterocycles. The molecule has 0 saturated heterocycles. The topological polar surface area (TPSA) is 87.5 Å². The number of rotatable bonds is 3. The van der Waals surface area contributed by atoms with Crippen LogP contribution in [0, 0.1) is 0 Å². The molecular weight excluding hydrogens is 282 g/mol. The van der Waals surface area contributed by atoms with Gasteiger partial charge < -0.3 is 10.2 Å². The van der Waals surface area contributed by atoms with Crippen LogP contribution in [-0.4, -0.2) is 27.1 Å². The second-order valence-corrected chi connectivity index (χ2v) is 4.73. The lowest BCUT2D eigenvalue weighted by molar-refractivity contribution is 0.0686. The van der Waals surface area contributed by atoms with Crippen molar-refractivity contribution in [3.05, 3.63) is 65.7 Å². The van der Waals surface area contributed by atoms with E-state index in [9.17, 15) is 19.8 Å². The predicted octanol–water partition coefficient (Wildman–Crippen LogP) is 3.30. The fraction of sp³-hybridized carbons (Fsp3) is 0. The number of aromatic nitrogens is 1. The average molecular weight is 293 g/mol. The number of carboxylic acids is 2. The van der Waals surface area contributed by atoms with Gasteiger partial charge in [-0.25, -0.2) is 14.6 Å². The Balaban J connectivity index is 2.39. The molecule has 0 unspecified atom stereocenters. The van der Waals surface area contributed by atoms with Crippen molar-refractivity contribution >= 4 is 22.8 Å². The number of hydrogen-bond donors (Lipinski definition) is 2. The number of para-hydroxylation sites is 1. The zero-order valence-electron chi connectivity index (χ0n) is 11.4. The van der Waals surface area contributed by atoms with E-state index in [-0.39, 0.29) is 16.6 Å². The summed E-state index contributed by atoms with van der Waals surface area (Å²) >= 11 is 0. The number of hydrogen-bond acceptors (Lipinski definition) is 3. The maximum Gasteiger partial charge on any atom is 0.337 e. The molecule has 0 aliphatic rings. The summed E-state index contributed by atoms with van der Waals surface area (Å²) in [5, 5.41) is 19.0. The molecule has 0 aliphatic heterocycles. The molecule has 2 aromatic carbocycles. The summed E-state index contributed by atoms with van der Waals surface area (Å²) in [6.45, 7) is 0. The Kier molecular flexibility index (Phi) is 3.31. The normalized spacial score (nSPS) is 10.5. The van der Waals surface area contributed by atoms with Gasteiger partial charge in [0, 0.05) is 10.9 Å². The van der Waals surface area contributed by atoms with Gasteiger partial charge in [-0.15, -0.1) is 0 Å². The molecule has 0 bridgehead atoms. The van der Waals surface area contributed by atoms with Gasteiger partial charge in [-0.3, -0.25) is 0 Å². The van der Waals surface area contributed by atoms with E-state index in [4.69, 9.17) is 0 Å². The summed E-state index contributed by atoms with van der Waals surface area (Å²) in [6.07, 6.45) is 0. The molecule has 1 heterocycles. The third kappa shape index (κ3) is 2.29. The lowest BCUT2D eigenvalue weighted by Gasteiger charge is -2.09. The van der Waals surface area contributed by atoms with E-state index in [2.05, 4.69) is 4.98 Å². The Morgan fingerprint density at radius 3 is 2.14 bits per heavy atom. The van der Waals surface area contributed by atoms with Crippen LogP contribution in [0.25, 0.3) is 22.2 Å². The minimum Gasteiger partial charge on any atom is -0.478 e. The summed E-state index contributed by atoms with van der Waals surface area (Å²) in [5.41, 5.74) is 1.35. The van der Waals surface area contributed by atoms with Crippen LogP contribution < -0.4 is 0 Å². The Hall–Kier alpha value is -3.21. The van der Waals surface area contributed by atoms with E-state index in [1.165, 1.54) is 18.2 Å². The van der Waals surface area contributed by atoms with E-state index in [0.29, 0.717) is 11.1 Å². The van der Waals surface area contributed by atoms with Gasteiger partial charge >= 0.3 is 11.9 Å². The summed E-state index contributed by atoms with van der Waals surface area (Å²) in [5.74, 6) is -2.26. The van der Waals surface area contributed by atoms with E-state index in [0.717, 1.165) is 5.56 Å². The molecule has 108 valence electrons. The van der Waals surface area contributed by atoms with E-state index >= 15 is 0 Å². The van der Waals surface area contributed by atoms with Crippen LogP contribution >= 0.6 is 0 Å². The second-order valence-electron chi connectivity index (χ2n) is 4.73. The number of benzene rings is 2. The van der Waals surface area contributed by atoms with Gasteiger partial charge in [0.25, 0.3) is 0 Å². The van der Waals surface area contributed by atoms with E-state index < -0.39 is 11.9 Å². The quantitative estimate of drug-likeness (QED) is 0.773. The van der Waals surface area contributed by atoms with Gasteiger partial charge in [0.1, 0.15) is 0 Å². The Morgan fingerprint density at radius 1 is 0.818 bits per heavy atom. The number of pyridine rings is 1. The first-order valence-corrected chi connectivity index (χ1v) is 6.53. The highest BCUT2D eigenvalue weighted by atomic mass is 16.4. The SMILES string of the molecule is O=C(O)c1cc(-c2ccccc2)nc2c(C(=O)O)cccc12. The molecule has 5 heteroatoms. The van der Waals surface area contributed by atoms with Crippen molar-refractivity contribution in [2.45, 2.75) is 0 Å². The molecule has 0 spiro atoms. The molecule has 0 amide bonds. The molecule has 0 saturated carbocycles. The fourth-order valence-corrected chi connectivity index (χ4v) is 2.35. The first kappa shape index (κ1) is 13.8. The lowest BCUT2D eigenvalue weighted by Crippen LogP contribution is -2.04. The average Bonchev–Trinajstić information content (AvgIpc) is 2.53. The molecule has 3 aromatic rings. The van der Waals surface area contributed by atoms with Crippen LogP contribution in [0.3, 0.4) is 0 Å². The minimum absolute atomic E-state index is 0.0159. The zero-order chi connectivity index (χ0) is 15.7. The van der Waals surface area contributed by atoms with Crippen LogP contribution in [0.4, 0.5) is 0 Å². The number of aromatic carboxylic acids is 2. The first-order chi connectivity index (χ1) is 10.6. The largest absolute Gasteiger partial charge is 0.478 e. The summed E-state index contributed by atoms with van der Waals surface area (Å²) in [4.78, 5) is 27.2. The molecule has 0 fully saturated rings. The van der Waals surface area contributed by atoms with Crippen molar-refractivity contribution in [1.82, 2.24) is 4.98 Å². The van der Waals surface area contributed by atoms with Gasteiger partial charge in [-0.2, -0.15) is 0 Å². The van der Waals surface area contributed by atoms with Gasteiger partial charge in [0.15, 0.2) is 0 Å². The molecular formula is C17H11NO4. The van der Waals surface area contributed by atoms with Crippen molar-refractivity contribution in [3.63, 3.8) is 0 Å². The van der Waals surface area contributed by atoms with Crippen molar-refractivity contribution in [2.24, 2.45) is 0 Å².